The summed E-state index contributed by atoms with van der Waals surface area (Å²) in [4.78, 5) is 35.1. The molecule has 0 radical (unpaired) electrons. The average molecular weight is 448 g/mol. The van der Waals surface area contributed by atoms with E-state index in [0.717, 1.165) is 25.2 Å². The summed E-state index contributed by atoms with van der Waals surface area (Å²) in [6.45, 7) is 3.66. The summed E-state index contributed by atoms with van der Waals surface area (Å²) >= 11 is 0. The van der Waals surface area contributed by atoms with Gasteiger partial charge in [0.05, 0.1) is 14.2 Å². The number of aliphatic carboxylic acids is 2. The van der Waals surface area contributed by atoms with Crippen LogP contribution in [0.15, 0.2) is 42.5 Å². The molecule has 0 unspecified atom stereocenters. The van der Waals surface area contributed by atoms with Crippen LogP contribution >= 0.6 is 0 Å². The van der Waals surface area contributed by atoms with E-state index in [0.29, 0.717) is 30.2 Å². The third-order valence-electron chi connectivity index (χ3n) is 4.79. The number of carbonyl (C=O) groups excluding carboxylic acids is 1. The van der Waals surface area contributed by atoms with E-state index in [1.54, 1.807) is 44.6 Å². The van der Waals surface area contributed by atoms with Crippen molar-refractivity contribution in [1.29, 1.82) is 0 Å². The zero-order valence-corrected chi connectivity index (χ0v) is 17.8. The van der Waals surface area contributed by atoms with Crippen molar-refractivity contribution in [1.82, 2.24) is 9.80 Å². The quantitative estimate of drug-likeness (QED) is 0.667. The Labute approximate surface area is 184 Å². The molecule has 0 bridgehead atoms. The van der Waals surface area contributed by atoms with Crippen LogP contribution in [0.2, 0.25) is 0 Å². The average Bonchev–Trinajstić information content (AvgIpc) is 2.80. The molecule has 0 spiro atoms. The van der Waals surface area contributed by atoms with Crippen LogP contribution in [0.3, 0.4) is 0 Å². The van der Waals surface area contributed by atoms with Crippen molar-refractivity contribution in [3.63, 3.8) is 0 Å². The van der Waals surface area contributed by atoms with Gasteiger partial charge in [-0.25, -0.2) is 14.0 Å². The number of rotatable bonds is 5. The Hall–Kier alpha value is -3.66. The Morgan fingerprint density at radius 2 is 1.44 bits per heavy atom. The van der Waals surface area contributed by atoms with Gasteiger partial charge >= 0.3 is 11.9 Å². The molecular weight excluding hydrogens is 423 g/mol. The van der Waals surface area contributed by atoms with Crippen LogP contribution in [0.4, 0.5) is 4.39 Å². The highest BCUT2D eigenvalue weighted by atomic mass is 19.1. The SMILES string of the molecule is COc1ccc(C(=O)N2CCN(Cc3ccc(F)cc3)CC2)cc1OC.O=C(O)C(=O)O. The van der Waals surface area contributed by atoms with Crippen LogP contribution in [0.25, 0.3) is 0 Å². The number of carbonyl (C=O) groups is 3. The van der Waals surface area contributed by atoms with Crippen LogP contribution in [0, 0.1) is 5.82 Å². The molecule has 2 aromatic rings. The van der Waals surface area contributed by atoms with Gasteiger partial charge in [-0.2, -0.15) is 0 Å². The van der Waals surface area contributed by atoms with Gasteiger partial charge in [-0.05, 0) is 35.9 Å². The van der Waals surface area contributed by atoms with E-state index >= 15 is 0 Å². The number of hydrogen-bond acceptors (Lipinski definition) is 6. The molecule has 3 rings (SSSR count). The summed E-state index contributed by atoms with van der Waals surface area (Å²) in [6.07, 6.45) is 0. The van der Waals surface area contributed by atoms with Crippen molar-refractivity contribution in [2.45, 2.75) is 6.54 Å². The topological polar surface area (TPSA) is 117 Å². The van der Waals surface area contributed by atoms with E-state index in [9.17, 15) is 9.18 Å². The monoisotopic (exact) mass is 448 g/mol. The number of halogens is 1. The second-order valence-electron chi connectivity index (χ2n) is 6.87. The molecule has 0 atom stereocenters. The van der Waals surface area contributed by atoms with Crippen molar-refractivity contribution in [2.75, 3.05) is 40.4 Å². The van der Waals surface area contributed by atoms with E-state index in [4.69, 9.17) is 29.3 Å². The maximum Gasteiger partial charge on any atom is 0.414 e. The Morgan fingerprint density at radius 1 is 0.875 bits per heavy atom. The standard InChI is InChI=1S/C20H23FN2O3.C2H2O4/c1-25-18-8-5-16(13-19(18)26-2)20(24)23-11-9-22(10-12-23)14-15-3-6-17(21)7-4-15;3-1(4)2(5)6/h3-8,13H,9-12,14H2,1-2H3;(H,3,4)(H,5,6). The number of benzene rings is 2. The molecule has 172 valence electrons. The predicted octanol–water partition coefficient (Wildman–Crippen LogP) is 1.96. The number of hydrogen-bond donors (Lipinski definition) is 2. The largest absolute Gasteiger partial charge is 0.493 e. The van der Waals surface area contributed by atoms with Gasteiger partial charge in [0.2, 0.25) is 0 Å². The molecule has 1 saturated heterocycles. The van der Waals surface area contributed by atoms with E-state index in [-0.39, 0.29) is 11.7 Å². The summed E-state index contributed by atoms with van der Waals surface area (Å²) in [5, 5.41) is 14.8. The minimum atomic E-state index is -1.82. The first kappa shape index (κ1) is 24.6. The Bertz CT molecular complexity index is 930. The number of amides is 1. The summed E-state index contributed by atoms with van der Waals surface area (Å²) in [5.74, 6) is -2.72. The number of carboxylic acid groups (broad SMARTS) is 2. The van der Waals surface area contributed by atoms with E-state index in [2.05, 4.69) is 4.90 Å². The van der Waals surface area contributed by atoms with Crippen LogP contribution < -0.4 is 9.47 Å². The van der Waals surface area contributed by atoms with E-state index in [1.165, 1.54) is 12.1 Å². The minimum Gasteiger partial charge on any atom is -0.493 e. The third-order valence-corrected chi connectivity index (χ3v) is 4.79. The van der Waals surface area contributed by atoms with Gasteiger partial charge in [0.25, 0.3) is 5.91 Å². The Morgan fingerprint density at radius 3 is 1.94 bits per heavy atom. The van der Waals surface area contributed by atoms with Crippen molar-refractivity contribution >= 4 is 17.8 Å². The lowest BCUT2D eigenvalue weighted by molar-refractivity contribution is -0.159. The first-order valence-electron chi connectivity index (χ1n) is 9.69. The lowest BCUT2D eigenvalue weighted by Gasteiger charge is -2.34. The molecule has 1 aliphatic heterocycles. The van der Waals surface area contributed by atoms with Crippen LogP contribution in [0.5, 0.6) is 11.5 Å². The Kier molecular flexibility index (Phi) is 8.96. The molecular formula is C22H25FN2O7. The summed E-state index contributed by atoms with van der Waals surface area (Å²) in [6, 6.07) is 11.8. The fourth-order valence-electron chi connectivity index (χ4n) is 3.11. The van der Waals surface area contributed by atoms with Crippen molar-refractivity contribution in [2.24, 2.45) is 0 Å². The van der Waals surface area contributed by atoms with Gasteiger partial charge in [-0.1, -0.05) is 12.1 Å². The molecule has 0 aliphatic carbocycles. The predicted molar refractivity (Wildman–Crippen MR) is 112 cm³/mol. The number of methoxy groups -OCH3 is 2. The number of nitrogens with zero attached hydrogens (tertiary/aromatic N) is 2. The maximum absolute atomic E-state index is 13.0. The molecule has 9 nitrogen and oxygen atoms in total. The summed E-state index contributed by atoms with van der Waals surface area (Å²) < 4.78 is 23.5. The third kappa shape index (κ3) is 6.95. The highest BCUT2D eigenvalue weighted by Gasteiger charge is 2.23. The first-order chi connectivity index (χ1) is 15.2. The maximum atomic E-state index is 13.0. The molecule has 2 aromatic carbocycles. The highest BCUT2D eigenvalue weighted by molar-refractivity contribution is 6.27. The van der Waals surface area contributed by atoms with Crippen LogP contribution in [0.1, 0.15) is 15.9 Å². The van der Waals surface area contributed by atoms with E-state index in [1.807, 2.05) is 4.90 Å². The molecule has 2 N–H and O–H groups in total. The van der Waals surface area contributed by atoms with Gasteiger partial charge in [-0.3, -0.25) is 9.69 Å². The zero-order valence-electron chi connectivity index (χ0n) is 17.8. The number of ether oxygens (including phenoxy) is 2. The van der Waals surface area contributed by atoms with Gasteiger partial charge in [0.1, 0.15) is 5.82 Å². The molecule has 0 aromatic heterocycles. The molecule has 0 saturated carbocycles. The second kappa shape index (κ2) is 11.7. The van der Waals surface area contributed by atoms with Crippen molar-refractivity contribution in [3.8, 4) is 11.5 Å². The van der Waals surface area contributed by atoms with Gasteiger partial charge in [0, 0.05) is 38.3 Å². The molecule has 1 amide bonds. The molecule has 1 heterocycles. The normalized spacial score (nSPS) is 13.5. The minimum absolute atomic E-state index is 0.00705. The molecule has 1 aliphatic rings. The second-order valence-corrected chi connectivity index (χ2v) is 6.87. The first-order valence-corrected chi connectivity index (χ1v) is 9.69. The zero-order chi connectivity index (χ0) is 23.7. The molecule has 1 fully saturated rings. The molecule has 32 heavy (non-hydrogen) atoms. The van der Waals surface area contributed by atoms with Gasteiger partial charge in [-0.15, -0.1) is 0 Å². The highest BCUT2D eigenvalue weighted by Crippen LogP contribution is 2.28. The number of piperazine rings is 1. The summed E-state index contributed by atoms with van der Waals surface area (Å²) in [5.41, 5.74) is 1.67. The van der Waals surface area contributed by atoms with E-state index < -0.39 is 11.9 Å². The molecule has 10 heteroatoms. The van der Waals surface area contributed by atoms with Crippen molar-refractivity contribution in [3.05, 3.63) is 59.4 Å². The fourth-order valence-corrected chi connectivity index (χ4v) is 3.11. The van der Waals surface area contributed by atoms with Gasteiger partial charge < -0.3 is 24.6 Å². The van der Waals surface area contributed by atoms with Crippen LogP contribution in [-0.2, 0) is 16.1 Å². The number of carboxylic acids is 2. The lowest BCUT2D eigenvalue weighted by atomic mass is 10.1. The van der Waals surface area contributed by atoms with Gasteiger partial charge in [0.15, 0.2) is 11.5 Å². The summed E-state index contributed by atoms with van der Waals surface area (Å²) in [7, 11) is 3.13. The lowest BCUT2D eigenvalue weighted by Crippen LogP contribution is -2.48. The van der Waals surface area contributed by atoms with Crippen LogP contribution in [-0.4, -0.2) is 78.3 Å². The van der Waals surface area contributed by atoms with Crippen molar-refractivity contribution < 1.29 is 38.5 Å². The fraction of sp³-hybridized carbons (Fsp3) is 0.318. The Balaban J connectivity index is 0.000000534. The smallest absolute Gasteiger partial charge is 0.414 e.